The molecule has 0 radical (unpaired) electrons. The van der Waals surface area contributed by atoms with E-state index in [1.807, 2.05) is 36.4 Å². The van der Waals surface area contributed by atoms with Gasteiger partial charge >= 0.3 is 0 Å². The molecular formula is C45H28N4O. The van der Waals surface area contributed by atoms with E-state index in [0.29, 0.717) is 17.5 Å². The Hall–Kier alpha value is -6.85. The molecule has 234 valence electrons. The molecule has 0 saturated heterocycles. The zero-order valence-corrected chi connectivity index (χ0v) is 26.9. The van der Waals surface area contributed by atoms with Gasteiger partial charge in [-0.2, -0.15) is 0 Å². The number of aromatic nitrogens is 4. The average Bonchev–Trinajstić information content (AvgIpc) is 3.74. The van der Waals surface area contributed by atoms with Gasteiger partial charge in [0.15, 0.2) is 17.5 Å². The minimum atomic E-state index is 0.590. The molecule has 0 N–H and O–H groups in total. The van der Waals surface area contributed by atoms with Gasteiger partial charge in [0.1, 0.15) is 11.2 Å². The first-order valence-electron chi connectivity index (χ1n) is 16.7. The van der Waals surface area contributed by atoms with Gasteiger partial charge in [-0.1, -0.05) is 127 Å². The van der Waals surface area contributed by atoms with Gasteiger partial charge in [-0.25, -0.2) is 15.0 Å². The summed E-state index contributed by atoms with van der Waals surface area (Å²) >= 11 is 0. The molecule has 0 spiro atoms. The van der Waals surface area contributed by atoms with E-state index in [1.165, 1.54) is 16.3 Å². The van der Waals surface area contributed by atoms with Crippen molar-refractivity contribution >= 4 is 43.7 Å². The predicted molar refractivity (Wildman–Crippen MR) is 203 cm³/mol. The van der Waals surface area contributed by atoms with Crippen LogP contribution in [-0.2, 0) is 0 Å². The van der Waals surface area contributed by atoms with Crippen LogP contribution in [0.5, 0.6) is 0 Å². The monoisotopic (exact) mass is 640 g/mol. The highest BCUT2D eigenvalue weighted by molar-refractivity contribution is 6.24. The van der Waals surface area contributed by atoms with Crippen LogP contribution in [0.1, 0.15) is 0 Å². The fourth-order valence-electron chi connectivity index (χ4n) is 7.09. The largest absolute Gasteiger partial charge is 0.456 e. The van der Waals surface area contributed by atoms with E-state index in [4.69, 9.17) is 19.4 Å². The summed E-state index contributed by atoms with van der Waals surface area (Å²) in [4.78, 5) is 15.0. The lowest BCUT2D eigenvalue weighted by atomic mass is 10.0. The number of furan rings is 1. The third-order valence-electron chi connectivity index (χ3n) is 9.46. The van der Waals surface area contributed by atoms with E-state index in [0.717, 1.165) is 60.9 Å². The number of nitrogens with zero attached hydrogens (tertiary/aromatic N) is 4. The lowest BCUT2D eigenvalue weighted by Gasteiger charge is -2.09. The lowest BCUT2D eigenvalue weighted by molar-refractivity contribution is 0.669. The van der Waals surface area contributed by atoms with Gasteiger partial charge in [-0.3, -0.25) is 0 Å². The maximum atomic E-state index is 6.61. The quantitative estimate of drug-likeness (QED) is 0.188. The second-order valence-electron chi connectivity index (χ2n) is 12.5. The van der Waals surface area contributed by atoms with Crippen molar-refractivity contribution in [3.63, 3.8) is 0 Å². The zero-order valence-electron chi connectivity index (χ0n) is 26.9. The smallest absolute Gasteiger partial charge is 0.164 e. The summed E-state index contributed by atoms with van der Waals surface area (Å²) in [5, 5.41) is 4.53. The molecule has 10 rings (SSSR count). The molecule has 0 bridgehead atoms. The second kappa shape index (κ2) is 11.4. The number of rotatable bonds is 5. The van der Waals surface area contributed by atoms with E-state index in [-0.39, 0.29) is 0 Å². The van der Waals surface area contributed by atoms with E-state index < -0.39 is 0 Å². The first-order valence-corrected chi connectivity index (χ1v) is 16.7. The fourth-order valence-corrected chi connectivity index (χ4v) is 7.09. The van der Waals surface area contributed by atoms with Gasteiger partial charge in [-0.15, -0.1) is 0 Å². The first kappa shape index (κ1) is 28.2. The fraction of sp³-hybridized carbons (Fsp3) is 0. The molecule has 0 saturated carbocycles. The Morgan fingerprint density at radius 3 is 1.62 bits per heavy atom. The van der Waals surface area contributed by atoms with Crippen LogP contribution in [0.4, 0.5) is 0 Å². The molecule has 3 heterocycles. The Morgan fingerprint density at radius 1 is 0.380 bits per heavy atom. The standard InChI is InChI=1S/C45H28N4O/c1-4-12-29(13-5-1)30-20-22-32(23-21-30)44-46-43(31-14-6-2-7-15-31)47-45(48-44)33-24-25-37-40(28-33)50-39-27-26-36-35-18-10-11-19-38(35)49(42(36)41(37)39)34-16-8-3-9-17-34/h1-28H. The van der Waals surface area contributed by atoms with Crippen molar-refractivity contribution in [3.8, 4) is 51.0 Å². The van der Waals surface area contributed by atoms with Gasteiger partial charge in [0.25, 0.3) is 0 Å². The van der Waals surface area contributed by atoms with Gasteiger partial charge < -0.3 is 8.98 Å². The van der Waals surface area contributed by atoms with Crippen molar-refractivity contribution in [1.29, 1.82) is 0 Å². The van der Waals surface area contributed by atoms with Crippen LogP contribution in [-0.4, -0.2) is 19.5 Å². The number of para-hydroxylation sites is 2. The summed E-state index contributed by atoms with van der Waals surface area (Å²) in [6.45, 7) is 0. The third-order valence-corrected chi connectivity index (χ3v) is 9.46. The van der Waals surface area contributed by atoms with Crippen LogP contribution in [0.25, 0.3) is 94.7 Å². The van der Waals surface area contributed by atoms with E-state index in [9.17, 15) is 0 Å². The second-order valence-corrected chi connectivity index (χ2v) is 12.5. The highest BCUT2D eigenvalue weighted by Crippen LogP contribution is 2.41. The maximum Gasteiger partial charge on any atom is 0.164 e. The Morgan fingerprint density at radius 2 is 0.900 bits per heavy atom. The maximum absolute atomic E-state index is 6.61. The Bertz CT molecular complexity index is 2840. The van der Waals surface area contributed by atoms with Crippen LogP contribution in [0.3, 0.4) is 0 Å². The Balaban J connectivity index is 1.15. The number of benzene rings is 7. The molecule has 5 nitrogen and oxygen atoms in total. The summed E-state index contributed by atoms with van der Waals surface area (Å²) in [6, 6.07) is 58.5. The van der Waals surface area contributed by atoms with Gasteiger partial charge in [0.2, 0.25) is 0 Å². The molecule has 0 unspecified atom stereocenters. The van der Waals surface area contributed by atoms with Crippen molar-refractivity contribution in [3.05, 3.63) is 170 Å². The van der Waals surface area contributed by atoms with Crippen molar-refractivity contribution in [1.82, 2.24) is 19.5 Å². The van der Waals surface area contributed by atoms with Crippen LogP contribution in [0.2, 0.25) is 0 Å². The highest BCUT2D eigenvalue weighted by Gasteiger charge is 2.20. The van der Waals surface area contributed by atoms with Crippen molar-refractivity contribution in [2.75, 3.05) is 0 Å². The third kappa shape index (κ3) is 4.60. The van der Waals surface area contributed by atoms with Crippen molar-refractivity contribution in [2.45, 2.75) is 0 Å². The van der Waals surface area contributed by atoms with Crippen molar-refractivity contribution < 1.29 is 4.42 Å². The summed E-state index contributed by atoms with van der Waals surface area (Å²) in [5.41, 5.74) is 10.0. The van der Waals surface area contributed by atoms with Crippen LogP contribution in [0.15, 0.2) is 174 Å². The molecule has 5 heteroatoms. The molecule has 7 aromatic carbocycles. The van der Waals surface area contributed by atoms with Crippen LogP contribution >= 0.6 is 0 Å². The average molecular weight is 641 g/mol. The molecule has 0 amide bonds. The van der Waals surface area contributed by atoms with Gasteiger partial charge in [0.05, 0.1) is 16.4 Å². The molecule has 3 aromatic heterocycles. The molecule has 0 aliphatic heterocycles. The minimum absolute atomic E-state index is 0.590. The van der Waals surface area contributed by atoms with Crippen LogP contribution in [0, 0.1) is 0 Å². The Kier molecular flexibility index (Phi) is 6.42. The SMILES string of the molecule is c1ccc(-c2ccc(-c3nc(-c4ccccc4)nc(-c4ccc5c(c4)oc4ccc6c7ccccc7n(-c7ccccc7)c6c45)n3)cc2)cc1. The van der Waals surface area contributed by atoms with Crippen LogP contribution < -0.4 is 0 Å². The molecule has 0 atom stereocenters. The van der Waals surface area contributed by atoms with E-state index >= 15 is 0 Å². The summed E-state index contributed by atoms with van der Waals surface area (Å²) in [7, 11) is 0. The molecule has 0 fully saturated rings. The first-order chi connectivity index (χ1) is 24.8. The topological polar surface area (TPSA) is 56.7 Å². The number of fused-ring (bicyclic) bond motifs is 7. The van der Waals surface area contributed by atoms with E-state index in [1.54, 1.807) is 0 Å². The summed E-state index contributed by atoms with van der Waals surface area (Å²) < 4.78 is 8.96. The predicted octanol–water partition coefficient (Wildman–Crippen LogP) is 11.5. The van der Waals surface area contributed by atoms with Gasteiger partial charge in [0, 0.05) is 38.5 Å². The summed E-state index contributed by atoms with van der Waals surface area (Å²) in [6.07, 6.45) is 0. The zero-order chi connectivity index (χ0) is 33.0. The number of hydrogen-bond donors (Lipinski definition) is 0. The molecular weight excluding hydrogens is 613 g/mol. The minimum Gasteiger partial charge on any atom is -0.456 e. The summed E-state index contributed by atoms with van der Waals surface area (Å²) in [5.74, 6) is 1.83. The molecule has 50 heavy (non-hydrogen) atoms. The molecule has 0 aliphatic carbocycles. The highest BCUT2D eigenvalue weighted by atomic mass is 16.3. The molecule has 0 aliphatic rings. The van der Waals surface area contributed by atoms with Crippen molar-refractivity contribution in [2.24, 2.45) is 0 Å². The lowest BCUT2D eigenvalue weighted by Crippen LogP contribution is -2.00. The van der Waals surface area contributed by atoms with Gasteiger partial charge in [-0.05, 0) is 53.6 Å². The Labute approximate surface area is 287 Å². The number of hydrogen-bond acceptors (Lipinski definition) is 4. The van der Waals surface area contributed by atoms with E-state index in [2.05, 4.69) is 138 Å². The normalized spacial score (nSPS) is 11.6. The molecule has 10 aromatic rings.